The summed E-state index contributed by atoms with van der Waals surface area (Å²) in [6.45, 7) is 6.58. The molecule has 0 atom stereocenters. The molecule has 3 heteroatoms. The lowest BCUT2D eigenvalue weighted by Gasteiger charge is -2.27. The van der Waals surface area contributed by atoms with Crippen molar-refractivity contribution in [3.8, 4) is 0 Å². The van der Waals surface area contributed by atoms with E-state index < -0.39 is 0 Å². The maximum absolute atomic E-state index is 4.65. The zero-order valence-corrected chi connectivity index (χ0v) is 12.1. The number of nitrogens with zero attached hydrogens (tertiary/aromatic N) is 2. The Labute approximate surface area is 111 Å². The number of rotatable bonds is 5. The number of unbranched alkanes of at least 4 members (excludes halogenated alkanes) is 1. The van der Waals surface area contributed by atoms with Gasteiger partial charge in [0.05, 0.1) is 0 Å². The lowest BCUT2D eigenvalue weighted by Crippen LogP contribution is -2.14. The standard InChI is InChI=1S/C15H27N3/c1-4-5-6-12-7-9-13(10-8-12)15-16-14(11(2)3)17-18-15/h11-13H,4-10H2,1-3H3,(H,16,17,18). The van der Waals surface area contributed by atoms with Crippen LogP contribution in [0.3, 0.4) is 0 Å². The Morgan fingerprint density at radius 2 is 1.94 bits per heavy atom. The summed E-state index contributed by atoms with van der Waals surface area (Å²) in [7, 11) is 0. The van der Waals surface area contributed by atoms with Crippen LogP contribution in [-0.4, -0.2) is 15.2 Å². The van der Waals surface area contributed by atoms with Crippen molar-refractivity contribution in [2.45, 2.75) is 77.6 Å². The molecule has 1 saturated carbocycles. The highest BCUT2D eigenvalue weighted by molar-refractivity contribution is 5.01. The number of hydrogen-bond donors (Lipinski definition) is 1. The summed E-state index contributed by atoms with van der Waals surface area (Å²) in [5.41, 5.74) is 0. The molecule has 0 radical (unpaired) electrons. The molecule has 1 aliphatic carbocycles. The lowest BCUT2D eigenvalue weighted by atomic mass is 9.79. The minimum Gasteiger partial charge on any atom is -0.263 e. The van der Waals surface area contributed by atoms with E-state index in [1.807, 2.05) is 0 Å². The lowest BCUT2D eigenvalue weighted by molar-refractivity contribution is 0.299. The first-order valence-electron chi connectivity index (χ1n) is 7.62. The normalized spacial score (nSPS) is 24.7. The number of hydrogen-bond acceptors (Lipinski definition) is 2. The summed E-state index contributed by atoms with van der Waals surface area (Å²) in [5, 5.41) is 7.48. The van der Waals surface area contributed by atoms with Crippen LogP contribution in [0.2, 0.25) is 0 Å². The topological polar surface area (TPSA) is 41.6 Å². The van der Waals surface area contributed by atoms with Gasteiger partial charge < -0.3 is 0 Å². The summed E-state index contributed by atoms with van der Waals surface area (Å²) in [6, 6.07) is 0. The Morgan fingerprint density at radius 1 is 1.22 bits per heavy atom. The first-order valence-corrected chi connectivity index (χ1v) is 7.62. The molecule has 0 saturated heterocycles. The van der Waals surface area contributed by atoms with Crippen LogP contribution in [0.4, 0.5) is 0 Å². The highest BCUT2D eigenvalue weighted by atomic mass is 15.2. The second-order valence-electron chi connectivity index (χ2n) is 6.09. The van der Waals surface area contributed by atoms with E-state index in [4.69, 9.17) is 0 Å². The van der Waals surface area contributed by atoms with Crippen LogP contribution < -0.4 is 0 Å². The minimum absolute atomic E-state index is 0.427. The maximum atomic E-state index is 4.65. The zero-order chi connectivity index (χ0) is 13.0. The Morgan fingerprint density at radius 3 is 2.50 bits per heavy atom. The van der Waals surface area contributed by atoms with E-state index in [0.717, 1.165) is 17.6 Å². The summed E-state index contributed by atoms with van der Waals surface area (Å²) < 4.78 is 0. The molecule has 102 valence electrons. The second kappa shape index (κ2) is 6.35. The molecule has 0 aliphatic heterocycles. The van der Waals surface area contributed by atoms with Gasteiger partial charge in [-0.25, -0.2) is 4.98 Å². The van der Waals surface area contributed by atoms with Gasteiger partial charge >= 0.3 is 0 Å². The van der Waals surface area contributed by atoms with Gasteiger partial charge in [0.25, 0.3) is 0 Å². The fourth-order valence-electron chi connectivity index (χ4n) is 2.95. The van der Waals surface area contributed by atoms with E-state index in [1.165, 1.54) is 44.9 Å². The molecule has 1 N–H and O–H groups in total. The molecule has 0 unspecified atom stereocenters. The highest BCUT2D eigenvalue weighted by Crippen LogP contribution is 2.36. The van der Waals surface area contributed by atoms with Crippen molar-refractivity contribution in [3.63, 3.8) is 0 Å². The zero-order valence-electron chi connectivity index (χ0n) is 12.1. The third-order valence-corrected chi connectivity index (χ3v) is 4.24. The summed E-state index contributed by atoms with van der Waals surface area (Å²) in [6.07, 6.45) is 9.50. The van der Waals surface area contributed by atoms with Crippen molar-refractivity contribution in [1.29, 1.82) is 0 Å². The minimum atomic E-state index is 0.427. The molecule has 1 fully saturated rings. The van der Waals surface area contributed by atoms with Crippen molar-refractivity contribution in [2.24, 2.45) is 5.92 Å². The predicted octanol–water partition coefficient (Wildman–Crippen LogP) is 4.39. The van der Waals surface area contributed by atoms with Gasteiger partial charge in [0.2, 0.25) is 0 Å². The van der Waals surface area contributed by atoms with E-state index in [0.29, 0.717) is 11.8 Å². The third-order valence-electron chi connectivity index (χ3n) is 4.24. The molecule has 0 bridgehead atoms. The molecule has 18 heavy (non-hydrogen) atoms. The first-order chi connectivity index (χ1) is 8.70. The summed E-state index contributed by atoms with van der Waals surface area (Å²) in [4.78, 5) is 4.65. The van der Waals surface area contributed by atoms with E-state index in [-0.39, 0.29) is 0 Å². The van der Waals surface area contributed by atoms with Crippen molar-refractivity contribution in [2.75, 3.05) is 0 Å². The quantitative estimate of drug-likeness (QED) is 0.840. The number of nitrogens with one attached hydrogen (secondary N) is 1. The Kier molecular flexibility index (Phi) is 4.79. The van der Waals surface area contributed by atoms with Gasteiger partial charge in [0, 0.05) is 11.8 Å². The molecule has 1 aliphatic rings. The molecule has 0 aromatic carbocycles. The van der Waals surface area contributed by atoms with Crippen LogP contribution in [0.1, 0.15) is 89.2 Å². The van der Waals surface area contributed by atoms with Crippen LogP contribution in [0, 0.1) is 5.92 Å². The number of aromatic amines is 1. The molecule has 1 aromatic heterocycles. The molecular formula is C15H27N3. The summed E-state index contributed by atoms with van der Waals surface area (Å²) in [5.74, 6) is 4.12. The largest absolute Gasteiger partial charge is 0.263 e. The van der Waals surface area contributed by atoms with Gasteiger partial charge in [-0.2, -0.15) is 5.10 Å². The van der Waals surface area contributed by atoms with Crippen molar-refractivity contribution in [1.82, 2.24) is 15.2 Å². The van der Waals surface area contributed by atoms with Crippen molar-refractivity contribution < 1.29 is 0 Å². The van der Waals surface area contributed by atoms with E-state index in [1.54, 1.807) is 0 Å². The molecular weight excluding hydrogens is 222 g/mol. The maximum Gasteiger partial charge on any atom is 0.153 e. The highest BCUT2D eigenvalue weighted by Gasteiger charge is 2.24. The fraction of sp³-hybridized carbons (Fsp3) is 0.867. The number of aromatic nitrogens is 3. The molecule has 3 nitrogen and oxygen atoms in total. The SMILES string of the molecule is CCCCC1CCC(c2nc(C(C)C)n[nH]2)CC1. The van der Waals surface area contributed by atoms with Crippen molar-refractivity contribution in [3.05, 3.63) is 11.6 Å². The predicted molar refractivity (Wildman–Crippen MR) is 74.7 cm³/mol. The molecule has 1 heterocycles. The van der Waals surface area contributed by atoms with Gasteiger partial charge in [-0.05, 0) is 31.6 Å². The monoisotopic (exact) mass is 249 g/mol. The Balaban J connectivity index is 1.85. The van der Waals surface area contributed by atoms with Crippen LogP contribution in [0.15, 0.2) is 0 Å². The van der Waals surface area contributed by atoms with Crippen LogP contribution in [0.5, 0.6) is 0 Å². The first kappa shape index (κ1) is 13.6. The van der Waals surface area contributed by atoms with Crippen LogP contribution in [-0.2, 0) is 0 Å². The molecule has 1 aromatic rings. The van der Waals surface area contributed by atoms with Crippen LogP contribution >= 0.6 is 0 Å². The van der Waals surface area contributed by atoms with Crippen LogP contribution in [0.25, 0.3) is 0 Å². The molecule has 2 rings (SSSR count). The number of H-pyrrole nitrogens is 1. The molecule has 0 spiro atoms. The Hall–Kier alpha value is -0.860. The van der Waals surface area contributed by atoms with Gasteiger partial charge in [-0.1, -0.05) is 40.0 Å². The van der Waals surface area contributed by atoms with E-state index in [2.05, 4.69) is 36.0 Å². The van der Waals surface area contributed by atoms with Gasteiger partial charge in [-0.3, -0.25) is 5.10 Å². The molecule has 0 amide bonds. The van der Waals surface area contributed by atoms with Gasteiger partial charge in [0.15, 0.2) is 5.82 Å². The van der Waals surface area contributed by atoms with Gasteiger partial charge in [0.1, 0.15) is 5.82 Å². The smallest absolute Gasteiger partial charge is 0.153 e. The Bertz CT molecular complexity index is 348. The van der Waals surface area contributed by atoms with Gasteiger partial charge in [-0.15, -0.1) is 0 Å². The second-order valence-corrected chi connectivity index (χ2v) is 6.09. The fourth-order valence-corrected chi connectivity index (χ4v) is 2.95. The average Bonchev–Trinajstić information content (AvgIpc) is 2.87. The third kappa shape index (κ3) is 3.33. The average molecular weight is 249 g/mol. The summed E-state index contributed by atoms with van der Waals surface area (Å²) >= 11 is 0. The van der Waals surface area contributed by atoms with E-state index in [9.17, 15) is 0 Å². The van der Waals surface area contributed by atoms with E-state index >= 15 is 0 Å². The van der Waals surface area contributed by atoms with Crippen molar-refractivity contribution >= 4 is 0 Å².